The molecule has 0 aliphatic heterocycles. The number of rotatable bonds is 7. The van der Waals surface area contributed by atoms with E-state index in [0.717, 1.165) is 12.4 Å². The Morgan fingerprint density at radius 1 is 1.09 bits per heavy atom. The third kappa shape index (κ3) is 8.15. The van der Waals surface area contributed by atoms with E-state index in [1.807, 2.05) is 0 Å². The van der Waals surface area contributed by atoms with Gasteiger partial charge in [0, 0.05) is 5.88 Å². The molecule has 68 valence electrons. The fraction of sp³-hybridized carbons (Fsp3) is 1.00. The van der Waals surface area contributed by atoms with Crippen molar-refractivity contribution in [1.82, 2.24) is 4.90 Å². The third-order valence-electron chi connectivity index (χ3n) is 1.96. The van der Waals surface area contributed by atoms with Gasteiger partial charge in [0.05, 0.1) is 0 Å². The van der Waals surface area contributed by atoms with Gasteiger partial charge in [0.2, 0.25) is 0 Å². The quantitative estimate of drug-likeness (QED) is 0.427. The number of hydrogen-bond donors (Lipinski definition) is 0. The maximum absolute atomic E-state index is 5.56. The van der Waals surface area contributed by atoms with Crippen LogP contribution in [0.3, 0.4) is 0 Å². The largest absolute Gasteiger partial charge is 0.307 e. The second kappa shape index (κ2) is 8.35. The van der Waals surface area contributed by atoms with Crippen molar-refractivity contribution in [1.29, 1.82) is 0 Å². The van der Waals surface area contributed by atoms with E-state index in [0.29, 0.717) is 0 Å². The zero-order valence-electron chi connectivity index (χ0n) is 7.77. The molecule has 0 bridgehead atoms. The zero-order chi connectivity index (χ0) is 8.53. The summed E-state index contributed by atoms with van der Waals surface area (Å²) in [5, 5.41) is 0. The number of halogens is 1. The molecule has 0 aromatic heterocycles. The molecule has 0 saturated heterocycles. The molecule has 0 fully saturated rings. The molecule has 0 saturated carbocycles. The summed E-state index contributed by atoms with van der Waals surface area (Å²) < 4.78 is 0. The van der Waals surface area contributed by atoms with Crippen molar-refractivity contribution in [2.75, 3.05) is 26.0 Å². The van der Waals surface area contributed by atoms with Crippen molar-refractivity contribution in [2.24, 2.45) is 0 Å². The van der Waals surface area contributed by atoms with Gasteiger partial charge in [-0.15, -0.1) is 11.6 Å². The molecule has 0 amide bonds. The van der Waals surface area contributed by atoms with Gasteiger partial charge >= 0.3 is 0 Å². The van der Waals surface area contributed by atoms with Gasteiger partial charge in [-0.05, 0) is 33.0 Å². The molecule has 0 rings (SSSR count). The molecule has 2 heteroatoms. The topological polar surface area (TPSA) is 3.24 Å². The highest BCUT2D eigenvalue weighted by molar-refractivity contribution is 6.17. The van der Waals surface area contributed by atoms with Crippen molar-refractivity contribution in [3.8, 4) is 0 Å². The van der Waals surface area contributed by atoms with E-state index in [-0.39, 0.29) is 0 Å². The molecule has 0 radical (unpaired) electrons. The van der Waals surface area contributed by atoms with Crippen LogP contribution in [0.15, 0.2) is 0 Å². The normalized spacial score (nSPS) is 10.9. The van der Waals surface area contributed by atoms with E-state index in [9.17, 15) is 0 Å². The molecule has 0 spiro atoms. The number of hydrogen-bond acceptors (Lipinski definition) is 1. The van der Waals surface area contributed by atoms with Crippen LogP contribution in [-0.2, 0) is 0 Å². The summed E-state index contributed by atoms with van der Waals surface area (Å²) in [6.45, 7) is 4.59. The van der Waals surface area contributed by atoms with Gasteiger partial charge in [-0.25, -0.2) is 0 Å². The first-order chi connectivity index (χ1) is 5.31. The second-order valence-electron chi connectivity index (χ2n) is 3.00. The van der Waals surface area contributed by atoms with Crippen molar-refractivity contribution >= 4 is 11.6 Å². The van der Waals surface area contributed by atoms with Gasteiger partial charge in [-0.2, -0.15) is 0 Å². The number of nitrogens with zero attached hydrogens (tertiary/aromatic N) is 1. The van der Waals surface area contributed by atoms with E-state index in [1.54, 1.807) is 0 Å². The minimum Gasteiger partial charge on any atom is -0.307 e. The molecule has 0 N–H and O–H groups in total. The molecule has 0 atom stereocenters. The van der Waals surface area contributed by atoms with E-state index >= 15 is 0 Å². The highest BCUT2D eigenvalue weighted by Crippen LogP contribution is 2.01. The van der Waals surface area contributed by atoms with Gasteiger partial charge in [0.1, 0.15) is 0 Å². The lowest BCUT2D eigenvalue weighted by atomic mass is 10.2. The molecule has 0 heterocycles. The average Bonchev–Trinajstić information content (AvgIpc) is 2.04. The van der Waals surface area contributed by atoms with E-state index in [1.165, 1.54) is 32.2 Å². The first kappa shape index (κ1) is 11.2. The highest BCUT2D eigenvalue weighted by Gasteiger charge is 1.93. The minimum atomic E-state index is 0.823. The molecule has 11 heavy (non-hydrogen) atoms. The average molecular weight is 178 g/mol. The first-order valence-electron chi connectivity index (χ1n) is 4.55. The summed E-state index contributed by atoms with van der Waals surface area (Å²) in [6.07, 6.45) is 5.12. The Hall–Kier alpha value is 0.250. The van der Waals surface area contributed by atoms with Crippen LogP contribution in [0.5, 0.6) is 0 Å². The smallest absolute Gasteiger partial charge is 0.0223 e. The Morgan fingerprint density at radius 2 is 1.73 bits per heavy atom. The molecule has 0 aliphatic rings. The van der Waals surface area contributed by atoms with Crippen molar-refractivity contribution < 1.29 is 0 Å². The summed E-state index contributed by atoms with van der Waals surface area (Å²) in [4.78, 5) is 2.35. The van der Waals surface area contributed by atoms with Gasteiger partial charge < -0.3 is 4.90 Å². The van der Waals surface area contributed by atoms with Gasteiger partial charge in [-0.3, -0.25) is 0 Å². The summed E-state index contributed by atoms with van der Waals surface area (Å²) >= 11 is 5.56. The molecule has 1 nitrogen and oxygen atoms in total. The monoisotopic (exact) mass is 177 g/mol. The van der Waals surface area contributed by atoms with Crippen LogP contribution in [0, 0.1) is 0 Å². The Kier molecular flexibility index (Phi) is 8.54. The molecular formula is C9H20ClN. The molecular weight excluding hydrogens is 158 g/mol. The van der Waals surface area contributed by atoms with E-state index in [2.05, 4.69) is 18.9 Å². The van der Waals surface area contributed by atoms with Crippen LogP contribution in [0.1, 0.15) is 32.6 Å². The van der Waals surface area contributed by atoms with Gasteiger partial charge in [-0.1, -0.05) is 19.8 Å². The van der Waals surface area contributed by atoms with Crippen LogP contribution >= 0.6 is 11.6 Å². The second-order valence-corrected chi connectivity index (χ2v) is 3.38. The van der Waals surface area contributed by atoms with Crippen LogP contribution in [0.25, 0.3) is 0 Å². The van der Waals surface area contributed by atoms with Crippen LogP contribution in [-0.4, -0.2) is 30.9 Å². The Bertz CT molecular complexity index is 76.0. The summed E-state index contributed by atoms with van der Waals surface area (Å²) in [5.74, 6) is 0.823. The van der Waals surface area contributed by atoms with Crippen LogP contribution < -0.4 is 0 Å². The molecule has 0 unspecified atom stereocenters. The van der Waals surface area contributed by atoms with Gasteiger partial charge in [0.25, 0.3) is 0 Å². The Morgan fingerprint density at radius 3 is 2.27 bits per heavy atom. The van der Waals surface area contributed by atoms with E-state index < -0.39 is 0 Å². The maximum atomic E-state index is 5.56. The Labute approximate surface area is 75.7 Å². The SMILES string of the molecule is CCN(C)CCCCCCCl. The number of alkyl halides is 1. The standard InChI is InChI=1S/C9H20ClN/c1-3-11(2)9-7-5-4-6-8-10/h3-9H2,1-2H3. The fourth-order valence-corrected chi connectivity index (χ4v) is 1.18. The summed E-state index contributed by atoms with van der Waals surface area (Å²) in [5.41, 5.74) is 0. The van der Waals surface area contributed by atoms with Crippen LogP contribution in [0.2, 0.25) is 0 Å². The fourth-order valence-electron chi connectivity index (χ4n) is 0.988. The number of unbranched alkanes of at least 4 members (excludes halogenated alkanes) is 3. The summed E-state index contributed by atoms with van der Waals surface area (Å²) in [6, 6.07) is 0. The lowest BCUT2D eigenvalue weighted by Gasteiger charge is -2.12. The highest BCUT2D eigenvalue weighted by atomic mass is 35.5. The molecule has 0 aromatic rings. The molecule has 0 aromatic carbocycles. The predicted molar refractivity (Wildman–Crippen MR) is 52.4 cm³/mol. The van der Waals surface area contributed by atoms with Crippen LogP contribution in [0.4, 0.5) is 0 Å². The van der Waals surface area contributed by atoms with Crippen molar-refractivity contribution in [3.05, 3.63) is 0 Å². The minimum absolute atomic E-state index is 0.823. The lowest BCUT2D eigenvalue weighted by molar-refractivity contribution is 0.341. The molecule has 0 aliphatic carbocycles. The first-order valence-corrected chi connectivity index (χ1v) is 5.09. The lowest BCUT2D eigenvalue weighted by Crippen LogP contribution is -2.18. The maximum Gasteiger partial charge on any atom is 0.0223 e. The third-order valence-corrected chi connectivity index (χ3v) is 2.23. The van der Waals surface area contributed by atoms with Crippen molar-refractivity contribution in [2.45, 2.75) is 32.6 Å². The van der Waals surface area contributed by atoms with Crippen molar-refractivity contribution in [3.63, 3.8) is 0 Å². The summed E-state index contributed by atoms with van der Waals surface area (Å²) in [7, 11) is 2.17. The zero-order valence-corrected chi connectivity index (χ0v) is 8.53. The van der Waals surface area contributed by atoms with E-state index in [4.69, 9.17) is 11.6 Å². The predicted octanol–water partition coefficient (Wildman–Crippen LogP) is 2.74. The Balaban J connectivity index is 2.89. The van der Waals surface area contributed by atoms with Gasteiger partial charge in [0.15, 0.2) is 0 Å².